The zero-order valence-corrected chi connectivity index (χ0v) is 11.9. The van der Waals surface area contributed by atoms with E-state index < -0.39 is 0 Å². The summed E-state index contributed by atoms with van der Waals surface area (Å²) in [7, 11) is 1.73. The van der Waals surface area contributed by atoms with Crippen molar-refractivity contribution >= 4 is 23.1 Å². The van der Waals surface area contributed by atoms with Gasteiger partial charge in [-0.05, 0) is 17.2 Å². The lowest BCUT2D eigenvalue weighted by Crippen LogP contribution is -2.01. The number of anilines is 1. The minimum atomic E-state index is -0.339. The Hall–Kier alpha value is -1.23. The van der Waals surface area contributed by atoms with Gasteiger partial charge in [0, 0.05) is 18.9 Å². The average molecular weight is 268 g/mol. The van der Waals surface area contributed by atoms with Gasteiger partial charge in [0.15, 0.2) is 0 Å². The molecule has 0 radical (unpaired) electrons. The molecule has 100 valence electrons. The van der Waals surface area contributed by atoms with Crippen molar-refractivity contribution in [1.82, 2.24) is 0 Å². The van der Waals surface area contributed by atoms with Crippen molar-refractivity contribution < 1.29 is 4.92 Å². The monoisotopic (exact) mass is 268 g/mol. The zero-order valence-electron chi connectivity index (χ0n) is 11.1. The van der Waals surface area contributed by atoms with Crippen LogP contribution in [-0.4, -0.2) is 17.7 Å². The molecule has 0 heterocycles. The first-order valence-electron chi connectivity index (χ1n) is 6.11. The summed E-state index contributed by atoms with van der Waals surface area (Å²) in [4.78, 5) is 10.6. The summed E-state index contributed by atoms with van der Waals surface area (Å²) >= 11 is 1.83. The van der Waals surface area contributed by atoms with Crippen molar-refractivity contribution in [2.75, 3.05) is 18.1 Å². The van der Waals surface area contributed by atoms with Gasteiger partial charge in [0.05, 0.1) is 4.92 Å². The maximum absolute atomic E-state index is 10.9. The van der Waals surface area contributed by atoms with Crippen LogP contribution >= 0.6 is 11.8 Å². The summed E-state index contributed by atoms with van der Waals surface area (Å²) in [6, 6.07) is 5.23. The Balaban J connectivity index is 2.76. The van der Waals surface area contributed by atoms with Crippen molar-refractivity contribution in [3.8, 4) is 0 Å². The highest BCUT2D eigenvalue weighted by molar-refractivity contribution is 7.98. The van der Waals surface area contributed by atoms with Gasteiger partial charge in [0.1, 0.15) is 5.69 Å². The second-order valence-corrected chi connectivity index (χ2v) is 5.38. The number of thioether (sulfide) groups is 1. The van der Waals surface area contributed by atoms with E-state index in [9.17, 15) is 10.1 Å². The fourth-order valence-corrected chi connectivity index (χ4v) is 2.85. The molecule has 0 aliphatic rings. The number of nitro groups is 1. The summed E-state index contributed by atoms with van der Waals surface area (Å²) in [6.07, 6.45) is 1.17. The number of para-hydroxylation sites is 1. The average Bonchev–Trinajstić information content (AvgIpc) is 2.37. The van der Waals surface area contributed by atoms with E-state index in [1.807, 2.05) is 17.8 Å². The lowest BCUT2D eigenvalue weighted by Gasteiger charge is -2.11. The quantitative estimate of drug-likeness (QED) is 0.601. The molecular weight excluding hydrogens is 248 g/mol. The summed E-state index contributed by atoms with van der Waals surface area (Å²) in [5, 5.41) is 13.9. The van der Waals surface area contributed by atoms with Crippen LogP contribution in [0.25, 0.3) is 0 Å². The smallest absolute Gasteiger partial charge is 0.292 e. The van der Waals surface area contributed by atoms with Gasteiger partial charge in [-0.1, -0.05) is 32.4 Å². The lowest BCUT2D eigenvalue weighted by atomic mass is 10.1. The van der Waals surface area contributed by atoms with Gasteiger partial charge < -0.3 is 5.32 Å². The highest BCUT2D eigenvalue weighted by Gasteiger charge is 2.15. The fourth-order valence-electron chi connectivity index (χ4n) is 1.64. The Morgan fingerprint density at radius 1 is 1.50 bits per heavy atom. The molecule has 18 heavy (non-hydrogen) atoms. The molecule has 4 nitrogen and oxygen atoms in total. The van der Waals surface area contributed by atoms with Gasteiger partial charge in [0.25, 0.3) is 5.69 Å². The number of rotatable bonds is 7. The molecule has 0 aliphatic heterocycles. The molecule has 0 bridgehead atoms. The summed E-state index contributed by atoms with van der Waals surface area (Å²) in [5.74, 6) is 2.58. The van der Waals surface area contributed by atoms with E-state index in [-0.39, 0.29) is 10.6 Å². The predicted octanol–water partition coefficient (Wildman–Crippen LogP) is 3.92. The largest absolute Gasteiger partial charge is 0.382 e. The molecular formula is C13H20N2O2S. The van der Waals surface area contributed by atoms with Crippen molar-refractivity contribution in [3.63, 3.8) is 0 Å². The van der Waals surface area contributed by atoms with Crippen LogP contribution in [0.4, 0.5) is 11.4 Å². The van der Waals surface area contributed by atoms with Crippen LogP contribution in [-0.2, 0) is 5.75 Å². The second kappa shape index (κ2) is 7.26. The number of nitrogens with one attached hydrogen (secondary N) is 1. The number of hydrogen-bond donors (Lipinski definition) is 1. The third-order valence-electron chi connectivity index (χ3n) is 2.93. The minimum absolute atomic E-state index is 0.152. The van der Waals surface area contributed by atoms with Gasteiger partial charge in [-0.2, -0.15) is 11.8 Å². The summed E-state index contributed by atoms with van der Waals surface area (Å²) in [5.41, 5.74) is 1.79. The van der Waals surface area contributed by atoms with Crippen LogP contribution in [0.3, 0.4) is 0 Å². The van der Waals surface area contributed by atoms with Gasteiger partial charge in [0.2, 0.25) is 0 Å². The Bertz CT molecular complexity index is 410. The first-order chi connectivity index (χ1) is 8.60. The van der Waals surface area contributed by atoms with Gasteiger partial charge >= 0.3 is 0 Å². The van der Waals surface area contributed by atoms with E-state index in [0.29, 0.717) is 11.6 Å². The summed E-state index contributed by atoms with van der Waals surface area (Å²) in [6.45, 7) is 4.40. The fraction of sp³-hybridized carbons (Fsp3) is 0.538. The molecule has 1 atom stereocenters. The van der Waals surface area contributed by atoms with Crippen molar-refractivity contribution in [2.24, 2.45) is 5.92 Å². The summed E-state index contributed by atoms with van der Waals surface area (Å²) < 4.78 is 0. The Morgan fingerprint density at radius 2 is 2.22 bits per heavy atom. The van der Waals surface area contributed by atoms with Crippen LogP contribution in [0.15, 0.2) is 18.2 Å². The minimum Gasteiger partial charge on any atom is -0.382 e. The van der Waals surface area contributed by atoms with E-state index in [0.717, 1.165) is 17.1 Å². The molecule has 0 fully saturated rings. The van der Waals surface area contributed by atoms with Gasteiger partial charge in [-0.25, -0.2) is 0 Å². The van der Waals surface area contributed by atoms with E-state index >= 15 is 0 Å². The van der Waals surface area contributed by atoms with Crippen molar-refractivity contribution in [3.05, 3.63) is 33.9 Å². The van der Waals surface area contributed by atoms with E-state index in [4.69, 9.17) is 0 Å². The molecule has 1 aromatic carbocycles. The maximum atomic E-state index is 10.9. The molecule has 1 N–H and O–H groups in total. The van der Waals surface area contributed by atoms with Crippen molar-refractivity contribution in [1.29, 1.82) is 0 Å². The third kappa shape index (κ3) is 3.91. The van der Waals surface area contributed by atoms with Crippen LogP contribution in [0.2, 0.25) is 0 Å². The first-order valence-corrected chi connectivity index (χ1v) is 7.27. The molecule has 1 aromatic rings. The maximum Gasteiger partial charge on any atom is 0.292 e. The Labute approximate surface area is 112 Å². The molecule has 0 saturated carbocycles. The number of nitro benzene ring substituents is 1. The normalized spacial score (nSPS) is 12.2. The van der Waals surface area contributed by atoms with Crippen LogP contribution < -0.4 is 5.32 Å². The van der Waals surface area contributed by atoms with Crippen LogP contribution in [0, 0.1) is 16.0 Å². The zero-order chi connectivity index (χ0) is 13.5. The first kappa shape index (κ1) is 14.8. The molecule has 1 rings (SSSR count). The van der Waals surface area contributed by atoms with E-state index in [1.165, 1.54) is 12.5 Å². The van der Waals surface area contributed by atoms with Crippen molar-refractivity contribution in [2.45, 2.75) is 26.0 Å². The molecule has 1 unspecified atom stereocenters. The van der Waals surface area contributed by atoms with E-state index in [2.05, 4.69) is 19.2 Å². The molecule has 0 aromatic heterocycles. The number of nitrogens with zero attached hydrogens (tertiary/aromatic N) is 1. The highest BCUT2D eigenvalue weighted by Crippen LogP contribution is 2.30. The van der Waals surface area contributed by atoms with Crippen LogP contribution in [0.1, 0.15) is 25.8 Å². The highest BCUT2D eigenvalue weighted by atomic mass is 32.2. The Morgan fingerprint density at radius 3 is 2.78 bits per heavy atom. The topological polar surface area (TPSA) is 55.2 Å². The molecule has 0 saturated heterocycles. The molecule has 0 amide bonds. The van der Waals surface area contributed by atoms with Gasteiger partial charge in [-0.3, -0.25) is 10.1 Å². The Kier molecular flexibility index (Phi) is 5.98. The molecule has 5 heteroatoms. The standard InChI is InChI=1S/C13H20N2O2S/c1-4-10(2)8-18-9-11-6-5-7-12(15(16)17)13(11)14-3/h5-7,10,14H,4,8-9H2,1-3H3. The predicted molar refractivity (Wildman–Crippen MR) is 78.3 cm³/mol. The number of hydrogen-bond acceptors (Lipinski definition) is 4. The second-order valence-electron chi connectivity index (χ2n) is 4.35. The molecule has 0 spiro atoms. The van der Waals surface area contributed by atoms with Gasteiger partial charge in [-0.15, -0.1) is 0 Å². The molecule has 0 aliphatic carbocycles. The van der Waals surface area contributed by atoms with Crippen LogP contribution in [0.5, 0.6) is 0 Å². The lowest BCUT2D eigenvalue weighted by molar-refractivity contribution is -0.384. The number of benzene rings is 1. The third-order valence-corrected chi connectivity index (χ3v) is 4.25. The van der Waals surface area contributed by atoms with E-state index in [1.54, 1.807) is 13.1 Å². The SMILES string of the molecule is CCC(C)CSCc1cccc([N+](=O)[O-])c1NC.